The summed E-state index contributed by atoms with van der Waals surface area (Å²) >= 11 is 0. The topological polar surface area (TPSA) is 33.0 Å². The van der Waals surface area contributed by atoms with Gasteiger partial charge in [0.15, 0.2) is 0 Å². The van der Waals surface area contributed by atoms with Crippen LogP contribution < -0.4 is 4.74 Å². The molecule has 2 rings (SSSR count). The number of benzene rings is 1. The molecule has 0 aromatic heterocycles. The third-order valence-electron chi connectivity index (χ3n) is 2.20. The van der Waals surface area contributed by atoms with Crippen LogP contribution in [0.25, 0.3) is 0 Å². The SMILES string of the molecule is N#Cc1ccccc1OC1=CCCC=C1. The third-order valence-corrected chi connectivity index (χ3v) is 2.20. The first kappa shape index (κ1) is 9.54. The Morgan fingerprint density at radius 1 is 1.20 bits per heavy atom. The highest BCUT2D eigenvalue weighted by Crippen LogP contribution is 2.21. The van der Waals surface area contributed by atoms with Gasteiger partial charge in [-0.05, 0) is 37.1 Å². The first-order valence-electron chi connectivity index (χ1n) is 4.94. The van der Waals surface area contributed by atoms with Crippen LogP contribution in [0, 0.1) is 11.3 Å². The van der Waals surface area contributed by atoms with Crippen molar-refractivity contribution in [3.05, 3.63) is 53.8 Å². The number of rotatable bonds is 2. The maximum Gasteiger partial charge on any atom is 0.145 e. The van der Waals surface area contributed by atoms with Gasteiger partial charge in [0.25, 0.3) is 0 Å². The van der Waals surface area contributed by atoms with Gasteiger partial charge in [0.2, 0.25) is 0 Å². The van der Waals surface area contributed by atoms with Crippen LogP contribution in [-0.2, 0) is 0 Å². The summed E-state index contributed by atoms with van der Waals surface area (Å²) in [4.78, 5) is 0. The van der Waals surface area contributed by atoms with Gasteiger partial charge in [0.1, 0.15) is 17.6 Å². The molecule has 1 aromatic carbocycles. The number of hydrogen-bond acceptors (Lipinski definition) is 2. The van der Waals surface area contributed by atoms with E-state index in [1.54, 1.807) is 6.07 Å². The highest BCUT2D eigenvalue weighted by Gasteiger charge is 2.04. The Hall–Kier alpha value is -2.01. The van der Waals surface area contributed by atoms with Gasteiger partial charge in [-0.1, -0.05) is 18.2 Å². The van der Waals surface area contributed by atoms with Crippen molar-refractivity contribution < 1.29 is 4.74 Å². The lowest BCUT2D eigenvalue weighted by molar-refractivity contribution is 0.438. The van der Waals surface area contributed by atoms with Crippen LogP contribution in [0.3, 0.4) is 0 Å². The van der Waals surface area contributed by atoms with Gasteiger partial charge in [-0.2, -0.15) is 5.26 Å². The smallest absolute Gasteiger partial charge is 0.145 e. The fraction of sp³-hybridized carbons (Fsp3) is 0.154. The molecule has 0 bridgehead atoms. The molecule has 0 amide bonds. The summed E-state index contributed by atoms with van der Waals surface area (Å²) in [7, 11) is 0. The maximum atomic E-state index is 8.88. The van der Waals surface area contributed by atoms with Gasteiger partial charge in [0, 0.05) is 0 Å². The fourth-order valence-corrected chi connectivity index (χ4v) is 1.44. The maximum absolute atomic E-state index is 8.88. The Labute approximate surface area is 89.1 Å². The second-order valence-electron chi connectivity index (χ2n) is 3.30. The van der Waals surface area contributed by atoms with Crippen LogP contribution in [-0.4, -0.2) is 0 Å². The van der Waals surface area contributed by atoms with Gasteiger partial charge in [-0.25, -0.2) is 0 Å². The summed E-state index contributed by atoms with van der Waals surface area (Å²) in [6.45, 7) is 0. The Morgan fingerprint density at radius 3 is 2.80 bits per heavy atom. The zero-order valence-corrected chi connectivity index (χ0v) is 8.31. The van der Waals surface area contributed by atoms with Crippen LogP contribution in [0.4, 0.5) is 0 Å². The molecule has 0 atom stereocenters. The monoisotopic (exact) mass is 197 g/mol. The van der Waals surface area contributed by atoms with E-state index in [0.29, 0.717) is 11.3 Å². The van der Waals surface area contributed by atoms with Crippen molar-refractivity contribution in [3.63, 3.8) is 0 Å². The van der Waals surface area contributed by atoms with Crippen molar-refractivity contribution in [3.8, 4) is 11.8 Å². The quantitative estimate of drug-likeness (QED) is 0.729. The van der Waals surface area contributed by atoms with Crippen LogP contribution >= 0.6 is 0 Å². The van der Waals surface area contributed by atoms with Crippen molar-refractivity contribution in [1.82, 2.24) is 0 Å². The molecule has 0 N–H and O–H groups in total. The fourth-order valence-electron chi connectivity index (χ4n) is 1.44. The highest BCUT2D eigenvalue weighted by atomic mass is 16.5. The van der Waals surface area contributed by atoms with E-state index in [2.05, 4.69) is 12.1 Å². The van der Waals surface area contributed by atoms with Crippen molar-refractivity contribution in [2.24, 2.45) is 0 Å². The van der Waals surface area contributed by atoms with Crippen molar-refractivity contribution in [2.45, 2.75) is 12.8 Å². The number of ether oxygens (including phenoxy) is 1. The summed E-state index contributed by atoms with van der Waals surface area (Å²) in [5, 5.41) is 8.88. The van der Waals surface area contributed by atoms with Crippen molar-refractivity contribution >= 4 is 0 Å². The van der Waals surface area contributed by atoms with Gasteiger partial charge in [0.05, 0.1) is 5.56 Å². The number of nitriles is 1. The molecule has 74 valence electrons. The van der Waals surface area contributed by atoms with Gasteiger partial charge in [-0.3, -0.25) is 0 Å². The van der Waals surface area contributed by atoms with Crippen LogP contribution in [0.5, 0.6) is 5.75 Å². The largest absolute Gasteiger partial charge is 0.456 e. The Kier molecular flexibility index (Phi) is 2.85. The summed E-state index contributed by atoms with van der Waals surface area (Å²) < 4.78 is 5.63. The summed E-state index contributed by atoms with van der Waals surface area (Å²) in [5.74, 6) is 1.45. The number of hydrogen-bond donors (Lipinski definition) is 0. The minimum Gasteiger partial charge on any atom is -0.456 e. The van der Waals surface area contributed by atoms with Gasteiger partial charge in [-0.15, -0.1) is 0 Å². The van der Waals surface area contributed by atoms with E-state index in [0.717, 1.165) is 18.6 Å². The van der Waals surface area contributed by atoms with E-state index >= 15 is 0 Å². The van der Waals surface area contributed by atoms with Crippen molar-refractivity contribution in [1.29, 1.82) is 5.26 Å². The predicted octanol–water partition coefficient (Wildman–Crippen LogP) is 3.17. The van der Waals surface area contributed by atoms with Crippen LogP contribution in [0.2, 0.25) is 0 Å². The predicted molar refractivity (Wildman–Crippen MR) is 58.2 cm³/mol. The standard InChI is InChI=1S/C13H11NO/c14-10-11-6-4-5-9-13(11)15-12-7-2-1-3-8-12/h2,4-9H,1,3H2. The zero-order valence-electron chi connectivity index (χ0n) is 8.31. The summed E-state index contributed by atoms with van der Waals surface area (Å²) in [5.41, 5.74) is 0.567. The number of para-hydroxylation sites is 1. The minimum absolute atomic E-state index is 0.567. The second-order valence-corrected chi connectivity index (χ2v) is 3.30. The van der Waals surface area contributed by atoms with Gasteiger partial charge >= 0.3 is 0 Å². The lowest BCUT2D eigenvalue weighted by atomic mass is 10.2. The second kappa shape index (κ2) is 4.47. The van der Waals surface area contributed by atoms with E-state index in [-0.39, 0.29) is 0 Å². The molecule has 0 spiro atoms. The van der Waals surface area contributed by atoms with E-state index in [9.17, 15) is 0 Å². The molecular weight excluding hydrogens is 186 g/mol. The summed E-state index contributed by atoms with van der Waals surface area (Å²) in [6.07, 6.45) is 8.11. The molecule has 2 nitrogen and oxygen atoms in total. The molecule has 0 heterocycles. The molecule has 1 aliphatic carbocycles. The Balaban J connectivity index is 2.21. The number of allylic oxidation sites excluding steroid dienone is 3. The molecule has 0 fully saturated rings. The molecule has 0 aliphatic heterocycles. The highest BCUT2D eigenvalue weighted by molar-refractivity contribution is 5.44. The van der Waals surface area contributed by atoms with Crippen molar-refractivity contribution in [2.75, 3.05) is 0 Å². The van der Waals surface area contributed by atoms with E-state index in [1.165, 1.54) is 0 Å². The lowest BCUT2D eigenvalue weighted by Gasteiger charge is -2.10. The molecule has 0 saturated heterocycles. The van der Waals surface area contributed by atoms with Crippen LogP contribution in [0.15, 0.2) is 48.3 Å². The van der Waals surface area contributed by atoms with E-state index < -0.39 is 0 Å². The lowest BCUT2D eigenvalue weighted by Crippen LogP contribution is -1.96. The number of nitrogens with zero attached hydrogens (tertiary/aromatic N) is 1. The minimum atomic E-state index is 0.567. The average molecular weight is 197 g/mol. The van der Waals surface area contributed by atoms with E-state index in [4.69, 9.17) is 10.00 Å². The normalized spacial score (nSPS) is 14.2. The Morgan fingerprint density at radius 2 is 2.07 bits per heavy atom. The zero-order chi connectivity index (χ0) is 10.5. The average Bonchev–Trinajstić information content (AvgIpc) is 2.31. The molecule has 0 radical (unpaired) electrons. The molecule has 1 aromatic rings. The summed E-state index contributed by atoms with van der Waals surface area (Å²) in [6, 6.07) is 9.36. The van der Waals surface area contributed by atoms with Crippen LogP contribution in [0.1, 0.15) is 18.4 Å². The first-order chi connectivity index (χ1) is 7.40. The first-order valence-corrected chi connectivity index (χ1v) is 4.94. The third kappa shape index (κ3) is 2.26. The molecular formula is C13H11NO. The van der Waals surface area contributed by atoms with Gasteiger partial charge < -0.3 is 4.74 Å². The molecule has 0 unspecified atom stereocenters. The molecule has 15 heavy (non-hydrogen) atoms. The molecule has 2 heteroatoms. The Bertz CT molecular complexity index is 452. The molecule has 1 aliphatic rings. The van der Waals surface area contributed by atoms with E-state index in [1.807, 2.05) is 30.4 Å². The molecule has 0 saturated carbocycles.